The van der Waals surface area contributed by atoms with Crippen LogP contribution in [0.2, 0.25) is 0 Å². The number of halogens is 2. The van der Waals surface area contributed by atoms with Gasteiger partial charge in [0.25, 0.3) is 0 Å². The third-order valence-electron chi connectivity index (χ3n) is 3.55. The Morgan fingerprint density at radius 3 is 2.47 bits per heavy atom. The highest BCUT2D eigenvalue weighted by Crippen LogP contribution is 2.44. The van der Waals surface area contributed by atoms with Crippen LogP contribution in [0.25, 0.3) is 0 Å². The minimum absolute atomic E-state index is 0.169. The molecule has 1 aromatic carbocycles. The van der Waals surface area contributed by atoms with Crippen molar-refractivity contribution in [2.75, 3.05) is 13.2 Å². The van der Waals surface area contributed by atoms with Gasteiger partial charge in [-0.2, -0.15) is 0 Å². The number of fused-ring (bicyclic) bond motifs is 1. The highest BCUT2D eigenvalue weighted by atomic mass is 79.9. The first-order chi connectivity index (χ1) is 9.15. The lowest BCUT2D eigenvalue weighted by Gasteiger charge is -2.23. The molecular formula is C14H16Br2O3. The maximum Gasteiger partial charge on any atom is 0.162 e. The van der Waals surface area contributed by atoms with Gasteiger partial charge in [0.15, 0.2) is 11.5 Å². The van der Waals surface area contributed by atoms with Crippen molar-refractivity contribution in [1.82, 2.24) is 0 Å². The van der Waals surface area contributed by atoms with Crippen molar-refractivity contribution < 1.29 is 14.2 Å². The van der Waals surface area contributed by atoms with E-state index in [1.54, 1.807) is 0 Å². The first kappa shape index (κ1) is 13.7. The summed E-state index contributed by atoms with van der Waals surface area (Å²) >= 11 is 7.38. The Balaban J connectivity index is 1.87. The summed E-state index contributed by atoms with van der Waals surface area (Å²) in [5.41, 5.74) is 1.16. The smallest absolute Gasteiger partial charge is 0.162 e. The molecule has 0 saturated carbocycles. The predicted octanol–water partition coefficient (Wildman–Crippen LogP) is 4.22. The van der Waals surface area contributed by atoms with Crippen molar-refractivity contribution in [2.24, 2.45) is 0 Å². The van der Waals surface area contributed by atoms with Gasteiger partial charge in [-0.3, -0.25) is 0 Å². The first-order valence-corrected chi connectivity index (χ1v) is 8.24. The van der Waals surface area contributed by atoms with Crippen LogP contribution in [0.5, 0.6) is 11.5 Å². The number of benzene rings is 1. The molecule has 1 saturated heterocycles. The summed E-state index contributed by atoms with van der Waals surface area (Å²) < 4.78 is 18.2. The van der Waals surface area contributed by atoms with Gasteiger partial charge in [-0.05, 0) is 37.5 Å². The van der Waals surface area contributed by atoms with Crippen LogP contribution in [0.3, 0.4) is 0 Å². The lowest BCUT2D eigenvalue weighted by molar-refractivity contribution is 0.0555. The zero-order chi connectivity index (χ0) is 13.4. The summed E-state index contributed by atoms with van der Waals surface area (Å²) in [6, 6.07) is 4.03. The van der Waals surface area contributed by atoms with Gasteiger partial charge in [-0.1, -0.05) is 31.9 Å². The van der Waals surface area contributed by atoms with E-state index in [2.05, 4.69) is 38.8 Å². The van der Waals surface area contributed by atoms with Gasteiger partial charge in [0.05, 0.1) is 17.0 Å². The Kier molecular flexibility index (Phi) is 4.06. The second-order valence-corrected chi connectivity index (χ2v) is 6.82. The molecule has 3 rings (SSSR count). The summed E-state index contributed by atoms with van der Waals surface area (Å²) in [5.74, 6) is 1.63. The molecule has 1 aromatic rings. The molecule has 0 amide bonds. The van der Waals surface area contributed by atoms with Crippen molar-refractivity contribution in [3.8, 4) is 11.5 Å². The molecule has 0 radical (unpaired) electrons. The van der Waals surface area contributed by atoms with E-state index in [1.165, 1.54) is 0 Å². The lowest BCUT2D eigenvalue weighted by Crippen LogP contribution is -2.18. The average Bonchev–Trinajstić information content (AvgIpc) is 2.84. The van der Waals surface area contributed by atoms with Gasteiger partial charge in [0.1, 0.15) is 13.2 Å². The van der Waals surface area contributed by atoms with E-state index in [9.17, 15) is 0 Å². The van der Waals surface area contributed by atoms with Crippen molar-refractivity contribution in [1.29, 1.82) is 0 Å². The largest absolute Gasteiger partial charge is 0.486 e. The predicted molar refractivity (Wildman–Crippen MR) is 80.4 cm³/mol. The van der Waals surface area contributed by atoms with Crippen LogP contribution < -0.4 is 9.47 Å². The van der Waals surface area contributed by atoms with Crippen molar-refractivity contribution in [2.45, 2.75) is 36.8 Å². The normalized spacial score (nSPS) is 27.3. The van der Waals surface area contributed by atoms with Gasteiger partial charge in [-0.15, -0.1) is 0 Å². The molecular weight excluding hydrogens is 376 g/mol. The molecule has 0 spiro atoms. The van der Waals surface area contributed by atoms with Gasteiger partial charge in [-0.25, -0.2) is 0 Å². The molecule has 2 heterocycles. The van der Waals surface area contributed by atoms with Crippen LogP contribution in [0, 0.1) is 0 Å². The molecule has 104 valence electrons. The third-order valence-corrected chi connectivity index (χ3v) is 5.32. The maximum atomic E-state index is 5.94. The molecule has 0 aliphatic carbocycles. The van der Waals surface area contributed by atoms with E-state index < -0.39 is 0 Å². The fraction of sp³-hybridized carbons (Fsp3) is 0.571. The summed E-state index contributed by atoms with van der Waals surface area (Å²) in [7, 11) is 0. The molecule has 0 aromatic heterocycles. The summed E-state index contributed by atoms with van der Waals surface area (Å²) in [6.07, 6.45) is 2.77. The number of rotatable bonds is 2. The fourth-order valence-corrected chi connectivity index (χ4v) is 4.18. The van der Waals surface area contributed by atoms with E-state index in [4.69, 9.17) is 14.2 Å². The number of hydrogen-bond acceptors (Lipinski definition) is 3. The standard InChI is InChI=1S/C14H16Br2O3/c1-8-2-3-11(19-8)14(16)9-6-12-13(7-10(9)15)18-5-4-17-12/h6-8,11,14H,2-5H2,1H3. The van der Waals surface area contributed by atoms with Gasteiger partial charge in [0.2, 0.25) is 0 Å². The Morgan fingerprint density at radius 1 is 1.16 bits per heavy atom. The van der Waals surface area contributed by atoms with E-state index in [0.717, 1.165) is 34.4 Å². The quantitative estimate of drug-likeness (QED) is 0.706. The molecule has 3 nitrogen and oxygen atoms in total. The second-order valence-electron chi connectivity index (χ2n) is 4.98. The van der Waals surface area contributed by atoms with Gasteiger partial charge in [0, 0.05) is 4.47 Å². The number of alkyl halides is 1. The van der Waals surface area contributed by atoms with Crippen molar-refractivity contribution in [3.05, 3.63) is 22.2 Å². The van der Waals surface area contributed by atoms with Crippen LogP contribution in [-0.4, -0.2) is 25.4 Å². The van der Waals surface area contributed by atoms with E-state index in [1.807, 2.05) is 12.1 Å². The van der Waals surface area contributed by atoms with Crippen LogP contribution >= 0.6 is 31.9 Å². The number of hydrogen-bond donors (Lipinski definition) is 0. The molecule has 1 fully saturated rings. The summed E-state index contributed by atoms with van der Waals surface area (Å²) in [4.78, 5) is 0.169. The van der Waals surface area contributed by atoms with Gasteiger partial charge >= 0.3 is 0 Å². The monoisotopic (exact) mass is 390 g/mol. The molecule has 3 atom stereocenters. The SMILES string of the molecule is CC1CCC(C(Br)c2cc3c(cc2Br)OCCO3)O1. The molecule has 2 aliphatic heterocycles. The molecule has 19 heavy (non-hydrogen) atoms. The van der Waals surface area contributed by atoms with Crippen molar-refractivity contribution >= 4 is 31.9 Å². The highest BCUT2D eigenvalue weighted by molar-refractivity contribution is 9.11. The molecule has 2 aliphatic rings. The molecule has 0 bridgehead atoms. The minimum atomic E-state index is 0.169. The Labute approximate surface area is 129 Å². The van der Waals surface area contributed by atoms with Crippen LogP contribution in [-0.2, 0) is 4.74 Å². The molecule has 5 heteroatoms. The second kappa shape index (κ2) is 5.62. The maximum absolute atomic E-state index is 5.94. The average molecular weight is 392 g/mol. The Morgan fingerprint density at radius 2 is 1.84 bits per heavy atom. The zero-order valence-corrected chi connectivity index (χ0v) is 13.9. The van der Waals surface area contributed by atoms with Crippen LogP contribution in [0.4, 0.5) is 0 Å². The summed E-state index contributed by atoms with van der Waals surface area (Å²) in [5, 5.41) is 0. The van der Waals surface area contributed by atoms with Crippen LogP contribution in [0.1, 0.15) is 30.2 Å². The van der Waals surface area contributed by atoms with Gasteiger partial charge < -0.3 is 14.2 Å². The van der Waals surface area contributed by atoms with E-state index >= 15 is 0 Å². The highest BCUT2D eigenvalue weighted by Gasteiger charge is 2.31. The van der Waals surface area contributed by atoms with E-state index in [-0.39, 0.29) is 10.9 Å². The third kappa shape index (κ3) is 2.78. The molecule has 3 unspecified atom stereocenters. The van der Waals surface area contributed by atoms with E-state index in [0.29, 0.717) is 19.3 Å². The minimum Gasteiger partial charge on any atom is -0.486 e. The molecule has 0 N–H and O–H groups in total. The van der Waals surface area contributed by atoms with Crippen LogP contribution in [0.15, 0.2) is 16.6 Å². The zero-order valence-electron chi connectivity index (χ0n) is 10.7. The topological polar surface area (TPSA) is 27.7 Å². The fourth-order valence-electron chi connectivity index (χ4n) is 2.54. The first-order valence-electron chi connectivity index (χ1n) is 6.53. The Hall–Kier alpha value is -0.260. The van der Waals surface area contributed by atoms with Crippen molar-refractivity contribution in [3.63, 3.8) is 0 Å². The summed E-state index contributed by atoms with van der Waals surface area (Å²) in [6.45, 7) is 3.34. The number of ether oxygens (including phenoxy) is 3. The Bertz CT molecular complexity index is 478. The lowest BCUT2D eigenvalue weighted by atomic mass is 10.0.